The van der Waals surface area contributed by atoms with Crippen molar-refractivity contribution in [3.63, 3.8) is 0 Å². The van der Waals surface area contributed by atoms with Gasteiger partial charge in [-0.15, -0.1) is 0 Å². The number of aliphatic hydroxyl groups is 1. The van der Waals surface area contributed by atoms with Crippen molar-refractivity contribution in [3.05, 3.63) is 53.8 Å². The summed E-state index contributed by atoms with van der Waals surface area (Å²) < 4.78 is 5.76. The summed E-state index contributed by atoms with van der Waals surface area (Å²) in [4.78, 5) is 14.7. The van der Waals surface area contributed by atoms with Crippen LogP contribution in [0, 0.1) is 5.92 Å². The lowest BCUT2D eigenvalue weighted by molar-refractivity contribution is -0.147. The summed E-state index contributed by atoms with van der Waals surface area (Å²) in [6.45, 7) is 9.58. The summed E-state index contributed by atoms with van der Waals surface area (Å²) in [5.74, 6) is 0.445. The number of aliphatic hydroxyl groups excluding tert-OH is 1. The molecule has 0 bridgehead atoms. The Morgan fingerprint density at radius 2 is 1.92 bits per heavy atom. The van der Waals surface area contributed by atoms with Crippen molar-refractivity contribution in [1.29, 1.82) is 0 Å². The molecule has 0 saturated carbocycles. The molecular weight excluding hydrogens is 302 g/mol. The van der Waals surface area contributed by atoms with Crippen molar-refractivity contribution in [2.45, 2.75) is 46.3 Å². The van der Waals surface area contributed by atoms with E-state index in [2.05, 4.69) is 0 Å². The lowest BCUT2D eigenvalue weighted by atomic mass is 9.85. The van der Waals surface area contributed by atoms with Crippen LogP contribution in [0.5, 0.6) is 0 Å². The molecule has 0 spiro atoms. The smallest absolute Gasteiger partial charge is 0.261 e. The molecule has 1 N–H and O–H groups in total. The summed E-state index contributed by atoms with van der Waals surface area (Å²) in [7, 11) is 0. The molecule has 0 fully saturated rings. The molecule has 1 amide bonds. The highest BCUT2D eigenvalue weighted by Gasteiger charge is 2.43. The van der Waals surface area contributed by atoms with E-state index in [1.54, 1.807) is 4.90 Å². The number of carbonyl (C=O) groups excluding carboxylic acids is 1. The molecule has 4 nitrogen and oxygen atoms in total. The minimum atomic E-state index is -0.753. The predicted molar refractivity (Wildman–Crippen MR) is 95.9 cm³/mol. The van der Waals surface area contributed by atoms with E-state index in [1.165, 1.54) is 0 Å². The van der Waals surface area contributed by atoms with Crippen molar-refractivity contribution in [2.24, 2.45) is 5.92 Å². The third-order valence-electron chi connectivity index (χ3n) is 4.70. The first-order chi connectivity index (χ1) is 11.3. The topological polar surface area (TPSA) is 49.8 Å². The van der Waals surface area contributed by atoms with Crippen LogP contribution in [0.3, 0.4) is 0 Å². The fourth-order valence-electron chi connectivity index (χ4n) is 3.15. The van der Waals surface area contributed by atoms with Crippen LogP contribution in [-0.4, -0.2) is 34.3 Å². The number of allylic oxidation sites excluding steroid dienone is 2. The lowest BCUT2D eigenvalue weighted by Crippen LogP contribution is -2.58. The monoisotopic (exact) mass is 329 g/mol. The van der Waals surface area contributed by atoms with Gasteiger partial charge in [0.05, 0.1) is 17.2 Å². The molecular formula is C20H27NO3. The Bertz CT molecular complexity index is 646. The van der Waals surface area contributed by atoms with Crippen LogP contribution in [0.25, 0.3) is 5.57 Å². The molecule has 0 aromatic heterocycles. The van der Waals surface area contributed by atoms with Crippen LogP contribution in [-0.2, 0) is 9.53 Å². The van der Waals surface area contributed by atoms with Crippen molar-refractivity contribution < 1.29 is 14.6 Å². The number of ether oxygens (including phenoxy) is 1. The Balaban J connectivity index is 2.35. The zero-order chi connectivity index (χ0) is 17.9. The summed E-state index contributed by atoms with van der Waals surface area (Å²) >= 11 is 0. The van der Waals surface area contributed by atoms with E-state index in [0.717, 1.165) is 5.56 Å². The van der Waals surface area contributed by atoms with Crippen LogP contribution in [0.15, 0.2) is 48.2 Å². The van der Waals surface area contributed by atoms with E-state index in [9.17, 15) is 9.90 Å². The zero-order valence-electron chi connectivity index (χ0n) is 15.1. The molecule has 0 aliphatic carbocycles. The summed E-state index contributed by atoms with van der Waals surface area (Å²) in [6, 6.07) is 9.51. The summed E-state index contributed by atoms with van der Waals surface area (Å²) in [6.07, 6.45) is 3.16. The average Bonchev–Trinajstić information content (AvgIpc) is 2.55. The second kappa shape index (κ2) is 7.22. The highest BCUT2D eigenvalue weighted by atomic mass is 16.5. The molecule has 2 atom stereocenters. The van der Waals surface area contributed by atoms with Gasteiger partial charge in [0.25, 0.3) is 5.91 Å². The first-order valence-electron chi connectivity index (χ1n) is 8.32. The maximum Gasteiger partial charge on any atom is 0.261 e. The predicted octanol–water partition coefficient (Wildman–Crippen LogP) is 3.59. The highest BCUT2D eigenvalue weighted by molar-refractivity contribution is 6.20. The third kappa shape index (κ3) is 3.39. The van der Waals surface area contributed by atoms with Gasteiger partial charge in [-0.1, -0.05) is 49.4 Å². The van der Waals surface area contributed by atoms with E-state index in [4.69, 9.17) is 4.74 Å². The molecule has 24 heavy (non-hydrogen) atoms. The summed E-state index contributed by atoms with van der Waals surface area (Å²) in [5.41, 5.74) is 0.633. The maximum absolute atomic E-state index is 13.1. The van der Waals surface area contributed by atoms with E-state index >= 15 is 0 Å². The Labute approximate surface area is 144 Å². The number of amides is 1. The molecule has 130 valence electrons. The molecule has 1 aliphatic heterocycles. The molecule has 0 saturated heterocycles. The van der Waals surface area contributed by atoms with Gasteiger partial charge in [-0.3, -0.25) is 9.69 Å². The second-order valence-corrected chi connectivity index (χ2v) is 6.79. The lowest BCUT2D eigenvalue weighted by Gasteiger charge is -2.45. The van der Waals surface area contributed by atoms with E-state index in [0.29, 0.717) is 11.3 Å². The SMILES string of the molecule is C/C=C/C(C)C(O)C(C)(C)N1COC(C)=C(c2ccccc2)C1=O. The minimum Gasteiger partial charge on any atom is -0.477 e. The van der Waals surface area contributed by atoms with Gasteiger partial charge >= 0.3 is 0 Å². The number of rotatable bonds is 5. The number of carbonyl (C=O) groups is 1. The van der Waals surface area contributed by atoms with Crippen LogP contribution in [0.2, 0.25) is 0 Å². The molecule has 1 aliphatic rings. The van der Waals surface area contributed by atoms with Crippen LogP contribution in [0.4, 0.5) is 0 Å². The first-order valence-corrected chi connectivity index (χ1v) is 8.32. The van der Waals surface area contributed by atoms with Crippen molar-refractivity contribution in [1.82, 2.24) is 4.90 Å². The maximum atomic E-state index is 13.1. The Hall–Kier alpha value is -2.07. The van der Waals surface area contributed by atoms with Gasteiger partial charge in [0, 0.05) is 5.92 Å². The highest BCUT2D eigenvalue weighted by Crippen LogP contribution is 2.33. The summed E-state index contributed by atoms with van der Waals surface area (Å²) in [5, 5.41) is 10.8. The quantitative estimate of drug-likeness (QED) is 0.840. The number of benzene rings is 1. The van der Waals surface area contributed by atoms with Crippen LogP contribution < -0.4 is 0 Å². The Morgan fingerprint density at radius 3 is 2.50 bits per heavy atom. The zero-order valence-corrected chi connectivity index (χ0v) is 15.1. The molecule has 1 aromatic carbocycles. The van der Waals surface area contributed by atoms with Crippen molar-refractivity contribution >= 4 is 11.5 Å². The average molecular weight is 329 g/mol. The van der Waals surface area contributed by atoms with Crippen molar-refractivity contribution in [3.8, 4) is 0 Å². The van der Waals surface area contributed by atoms with Crippen LogP contribution in [0.1, 0.15) is 40.2 Å². The van der Waals surface area contributed by atoms with Gasteiger partial charge in [-0.25, -0.2) is 0 Å². The standard InChI is InChI=1S/C20H27NO3/c1-6-10-14(2)18(22)20(4,5)21-13-24-15(3)17(19(21)23)16-11-8-7-9-12-16/h6-12,14,18,22H,13H2,1-5H3/b10-6+. The molecule has 1 aromatic rings. The van der Waals surface area contributed by atoms with Gasteiger partial charge in [0.2, 0.25) is 0 Å². The largest absolute Gasteiger partial charge is 0.477 e. The van der Waals surface area contributed by atoms with E-state index in [-0.39, 0.29) is 18.6 Å². The van der Waals surface area contributed by atoms with Gasteiger partial charge in [0.15, 0.2) is 6.73 Å². The molecule has 2 unspecified atom stereocenters. The Kier molecular flexibility index (Phi) is 5.50. The fraction of sp³-hybridized carbons (Fsp3) is 0.450. The molecule has 4 heteroatoms. The van der Waals surface area contributed by atoms with Crippen molar-refractivity contribution in [2.75, 3.05) is 6.73 Å². The molecule has 0 radical (unpaired) electrons. The molecule has 2 rings (SSSR count). The Morgan fingerprint density at radius 1 is 1.29 bits per heavy atom. The van der Waals surface area contributed by atoms with Gasteiger partial charge in [-0.05, 0) is 33.3 Å². The second-order valence-electron chi connectivity index (χ2n) is 6.79. The minimum absolute atomic E-state index is 0.0648. The number of hydrogen-bond acceptors (Lipinski definition) is 3. The third-order valence-corrected chi connectivity index (χ3v) is 4.70. The number of nitrogens with zero attached hydrogens (tertiary/aromatic N) is 1. The van der Waals surface area contributed by atoms with Crippen LogP contribution >= 0.6 is 0 Å². The fourth-order valence-corrected chi connectivity index (χ4v) is 3.15. The molecule has 1 heterocycles. The normalized spacial score (nSPS) is 18.8. The van der Waals surface area contributed by atoms with Gasteiger partial charge in [-0.2, -0.15) is 0 Å². The van der Waals surface area contributed by atoms with Gasteiger partial charge in [0.1, 0.15) is 5.76 Å². The van der Waals surface area contributed by atoms with Gasteiger partial charge < -0.3 is 9.84 Å². The number of hydrogen-bond donors (Lipinski definition) is 1. The van der Waals surface area contributed by atoms with E-state index in [1.807, 2.05) is 77.1 Å². The van der Waals surface area contributed by atoms with E-state index < -0.39 is 11.6 Å². The first kappa shape index (κ1) is 18.3.